The second kappa shape index (κ2) is 3.94. The predicted octanol–water partition coefficient (Wildman–Crippen LogP) is 3.50. The van der Waals surface area contributed by atoms with Gasteiger partial charge in [-0.05, 0) is 24.3 Å². The van der Waals surface area contributed by atoms with E-state index in [2.05, 4.69) is 4.98 Å². The Morgan fingerprint density at radius 2 is 2.00 bits per heavy atom. The summed E-state index contributed by atoms with van der Waals surface area (Å²) in [7, 11) is 1.62. The molecule has 0 amide bonds. The molecule has 0 aliphatic rings. The van der Waals surface area contributed by atoms with Gasteiger partial charge in [-0.3, -0.25) is 0 Å². The fourth-order valence-electron chi connectivity index (χ4n) is 1.75. The molecule has 0 bridgehead atoms. The molecule has 17 heavy (non-hydrogen) atoms. The number of rotatable bonds is 2. The number of furan rings is 1. The van der Waals surface area contributed by atoms with Crippen molar-refractivity contribution >= 4 is 11.0 Å². The van der Waals surface area contributed by atoms with Crippen LogP contribution in [-0.4, -0.2) is 12.1 Å². The molecule has 0 fully saturated rings. The Morgan fingerprint density at radius 3 is 2.71 bits per heavy atom. The Labute approximate surface area is 98.7 Å². The van der Waals surface area contributed by atoms with Crippen LogP contribution in [-0.2, 0) is 0 Å². The van der Waals surface area contributed by atoms with Crippen molar-refractivity contribution in [3.63, 3.8) is 0 Å². The van der Waals surface area contributed by atoms with Gasteiger partial charge in [0, 0.05) is 5.39 Å². The van der Waals surface area contributed by atoms with Gasteiger partial charge in [-0.1, -0.05) is 18.2 Å². The summed E-state index contributed by atoms with van der Waals surface area (Å²) < 4.78 is 10.8. The molecule has 0 N–H and O–H groups in total. The van der Waals surface area contributed by atoms with Gasteiger partial charge >= 0.3 is 0 Å². The lowest BCUT2D eigenvalue weighted by atomic mass is 10.2. The molecule has 0 aliphatic heterocycles. The first-order valence-corrected chi connectivity index (χ1v) is 5.36. The van der Waals surface area contributed by atoms with Gasteiger partial charge < -0.3 is 9.15 Å². The van der Waals surface area contributed by atoms with Crippen molar-refractivity contribution in [3.8, 4) is 17.2 Å². The molecule has 84 valence electrons. The molecule has 0 unspecified atom stereocenters. The van der Waals surface area contributed by atoms with E-state index in [1.54, 1.807) is 13.3 Å². The van der Waals surface area contributed by atoms with E-state index >= 15 is 0 Å². The van der Waals surface area contributed by atoms with Crippen molar-refractivity contribution in [2.24, 2.45) is 0 Å². The van der Waals surface area contributed by atoms with Crippen LogP contribution in [0.4, 0.5) is 0 Å². The highest BCUT2D eigenvalue weighted by Crippen LogP contribution is 2.26. The Balaban J connectivity index is 2.07. The van der Waals surface area contributed by atoms with E-state index in [0.29, 0.717) is 0 Å². The number of fused-ring (bicyclic) bond motifs is 1. The molecule has 2 aromatic heterocycles. The number of methoxy groups -OCH3 is 1. The monoisotopic (exact) mass is 225 g/mol. The third-order valence-corrected chi connectivity index (χ3v) is 2.65. The average Bonchev–Trinajstić information content (AvgIpc) is 2.82. The number of aromatic nitrogens is 1. The first kappa shape index (κ1) is 9.90. The highest BCUT2D eigenvalue weighted by molar-refractivity contribution is 5.82. The highest BCUT2D eigenvalue weighted by Gasteiger charge is 2.06. The van der Waals surface area contributed by atoms with Crippen molar-refractivity contribution in [1.29, 1.82) is 0 Å². The van der Waals surface area contributed by atoms with E-state index in [1.165, 1.54) is 0 Å². The smallest absolute Gasteiger partial charge is 0.153 e. The normalized spacial score (nSPS) is 10.6. The molecule has 0 saturated heterocycles. The van der Waals surface area contributed by atoms with Gasteiger partial charge in [-0.25, -0.2) is 4.98 Å². The lowest BCUT2D eigenvalue weighted by molar-refractivity contribution is 0.413. The molecule has 0 aliphatic carbocycles. The van der Waals surface area contributed by atoms with E-state index in [4.69, 9.17) is 9.15 Å². The van der Waals surface area contributed by atoms with Crippen LogP contribution in [0.15, 0.2) is 53.1 Å². The van der Waals surface area contributed by atoms with Gasteiger partial charge in [0.1, 0.15) is 17.0 Å². The zero-order valence-corrected chi connectivity index (χ0v) is 9.38. The lowest BCUT2D eigenvalue weighted by Crippen LogP contribution is -1.85. The van der Waals surface area contributed by atoms with Crippen LogP contribution in [0.3, 0.4) is 0 Å². The van der Waals surface area contributed by atoms with E-state index in [1.807, 2.05) is 42.5 Å². The summed E-state index contributed by atoms with van der Waals surface area (Å²) in [4.78, 5) is 4.30. The molecule has 2 heterocycles. The number of benzene rings is 1. The third-order valence-electron chi connectivity index (χ3n) is 2.65. The Hall–Kier alpha value is -2.29. The zero-order valence-electron chi connectivity index (χ0n) is 9.38. The first-order chi connectivity index (χ1) is 8.36. The van der Waals surface area contributed by atoms with Crippen molar-refractivity contribution < 1.29 is 9.15 Å². The van der Waals surface area contributed by atoms with Crippen LogP contribution in [0.1, 0.15) is 0 Å². The van der Waals surface area contributed by atoms with Crippen LogP contribution in [0, 0.1) is 0 Å². The zero-order chi connectivity index (χ0) is 11.7. The van der Waals surface area contributed by atoms with Crippen LogP contribution in [0.5, 0.6) is 5.75 Å². The van der Waals surface area contributed by atoms with Crippen molar-refractivity contribution in [2.75, 3.05) is 7.11 Å². The van der Waals surface area contributed by atoms with Gasteiger partial charge in [-0.15, -0.1) is 0 Å². The number of para-hydroxylation sites is 1. The van der Waals surface area contributed by atoms with E-state index in [9.17, 15) is 0 Å². The highest BCUT2D eigenvalue weighted by atomic mass is 16.5. The van der Waals surface area contributed by atoms with Crippen molar-refractivity contribution in [2.45, 2.75) is 0 Å². The van der Waals surface area contributed by atoms with Crippen LogP contribution >= 0.6 is 0 Å². The van der Waals surface area contributed by atoms with Crippen molar-refractivity contribution in [1.82, 2.24) is 4.98 Å². The fraction of sp³-hybridized carbons (Fsp3) is 0.0714. The van der Waals surface area contributed by atoms with Gasteiger partial charge in [0.15, 0.2) is 5.76 Å². The van der Waals surface area contributed by atoms with Crippen LogP contribution in [0.25, 0.3) is 22.4 Å². The molecule has 0 saturated carbocycles. The van der Waals surface area contributed by atoms with Gasteiger partial charge in [-0.2, -0.15) is 0 Å². The molecule has 3 rings (SSSR count). The molecule has 0 radical (unpaired) electrons. The number of nitrogens with zero attached hydrogens (tertiary/aromatic N) is 1. The van der Waals surface area contributed by atoms with E-state index in [-0.39, 0.29) is 0 Å². The summed E-state index contributed by atoms with van der Waals surface area (Å²) in [6.07, 6.45) is 1.68. The SMILES string of the molecule is COc1ccc(-c2cc3ccccc3o2)nc1. The Morgan fingerprint density at radius 1 is 1.12 bits per heavy atom. The minimum atomic E-state index is 0.741. The molecule has 0 atom stereocenters. The standard InChI is InChI=1S/C14H11NO2/c1-16-11-6-7-12(15-9-11)14-8-10-4-2-3-5-13(10)17-14/h2-9H,1H3. The number of pyridine rings is 1. The summed E-state index contributed by atoms with van der Waals surface area (Å²) in [6, 6.07) is 13.7. The molecule has 1 aromatic carbocycles. The molecule has 0 spiro atoms. The van der Waals surface area contributed by atoms with Gasteiger partial charge in [0.25, 0.3) is 0 Å². The lowest BCUT2D eigenvalue weighted by Gasteiger charge is -1.99. The number of hydrogen-bond donors (Lipinski definition) is 0. The predicted molar refractivity (Wildman–Crippen MR) is 66.0 cm³/mol. The first-order valence-electron chi connectivity index (χ1n) is 5.36. The maximum atomic E-state index is 5.72. The topological polar surface area (TPSA) is 35.3 Å². The summed E-state index contributed by atoms with van der Waals surface area (Å²) in [5, 5.41) is 1.08. The maximum Gasteiger partial charge on any atom is 0.153 e. The van der Waals surface area contributed by atoms with Crippen molar-refractivity contribution in [3.05, 3.63) is 48.7 Å². The van der Waals surface area contributed by atoms with Crippen LogP contribution in [0.2, 0.25) is 0 Å². The maximum absolute atomic E-state index is 5.72. The minimum Gasteiger partial charge on any atom is -0.495 e. The van der Waals surface area contributed by atoms with Gasteiger partial charge in [0.2, 0.25) is 0 Å². The molecular formula is C14H11NO2. The fourth-order valence-corrected chi connectivity index (χ4v) is 1.75. The summed E-state index contributed by atoms with van der Waals surface area (Å²) in [5.74, 6) is 1.51. The second-order valence-corrected chi connectivity index (χ2v) is 3.73. The second-order valence-electron chi connectivity index (χ2n) is 3.73. The van der Waals surface area contributed by atoms with E-state index < -0.39 is 0 Å². The van der Waals surface area contributed by atoms with E-state index in [0.717, 1.165) is 28.2 Å². The number of ether oxygens (including phenoxy) is 1. The molecule has 3 nitrogen and oxygen atoms in total. The Bertz CT molecular complexity index is 608. The third kappa shape index (κ3) is 1.76. The quantitative estimate of drug-likeness (QED) is 0.669. The molecule has 3 aromatic rings. The molecule has 3 heteroatoms. The largest absolute Gasteiger partial charge is 0.495 e. The Kier molecular flexibility index (Phi) is 2.29. The number of hydrogen-bond acceptors (Lipinski definition) is 3. The minimum absolute atomic E-state index is 0.741. The average molecular weight is 225 g/mol. The summed E-state index contributed by atoms with van der Waals surface area (Å²) >= 11 is 0. The molecular weight excluding hydrogens is 214 g/mol. The summed E-state index contributed by atoms with van der Waals surface area (Å²) in [6.45, 7) is 0. The van der Waals surface area contributed by atoms with Crippen LogP contribution < -0.4 is 4.74 Å². The summed E-state index contributed by atoms with van der Waals surface area (Å²) in [5.41, 5.74) is 1.68. The van der Waals surface area contributed by atoms with Gasteiger partial charge in [0.05, 0.1) is 13.3 Å².